The Morgan fingerprint density at radius 2 is 1.69 bits per heavy atom. The molecule has 0 aliphatic heterocycles. The highest BCUT2D eigenvalue weighted by Gasteiger charge is 2.42. The van der Waals surface area contributed by atoms with Gasteiger partial charge >= 0.3 is 0 Å². The lowest BCUT2D eigenvalue weighted by Gasteiger charge is -2.31. The third-order valence-electron chi connectivity index (χ3n) is 7.68. The first-order valence-corrected chi connectivity index (χ1v) is 12.8. The standard InChI is InChI=1S/C29H33FN4O/c1-20(21-13-15-23(30)16-14-21)32-27(35)25-19-31-28(33-24-11-5-6-12-24)34-26(25)29(17-7-8-18-29)22-9-3-2-4-10-22/h2-4,9-10,13-16,19-20,24H,5-8,11-12,17-18H2,1H3,(H,32,35)(H,31,33,34). The van der Waals surface area contributed by atoms with E-state index >= 15 is 0 Å². The fourth-order valence-corrected chi connectivity index (χ4v) is 5.74. The van der Waals surface area contributed by atoms with Gasteiger partial charge in [0, 0.05) is 17.7 Å². The number of aromatic nitrogens is 2. The number of hydrogen-bond acceptors (Lipinski definition) is 4. The van der Waals surface area contributed by atoms with Crippen molar-refractivity contribution in [1.82, 2.24) is 15.3 Å². The summed E-state index contributed by atoms with van der Waals surface area (Å²) < 4.78 is 13.4. The molecule has 1 unspecified atom stereocenters. The van der Waals surface area contributed by atoms with Crippen LogP contribution in [0.25, 0.3) is 0 Å². The summed E-state index contributed by atoms with van der Waals surface area (Å²) in [4.78, 5) is 23.2. The van der Waals surface area contributed by atoms with Gasteiger partial charge in [0.25, 0.3) is 5.91 Å². The van der Waals surface area contributed by atoms with Gasteiger partial charge in [0.1, 0.15) is 5.82 Å². The lowest BCUT2D eigenvalue weighted by molar-refractivity contribution is 0.0936. The zero-order valence-corrected chi connectivity index (χ0v) is 20.3. The van der Waals surface area contributed by atoms with Gasteiger partial charge in [-0.3, -0.25) is 4.79 Å². The lowest BCUT2D eigenvalue weighted by atomic mass is 9.74. The summed E-state index contributed by atoms with van der Waals surface area (Å²) in [6, 6.07) is 16.8. The molecule has 182 valence electrons. The Hall–Kier alpha value is -3.28. The molecule has 0 saturated heterocycles. The molecule has 35 heavy (non-hydrogen) atoms. The van der Waals surface area contributed by atoms with Crippen LogP contribution in [0.4, 0.5) is 10.3 Å². The molecule has 5 rings (SSSR count). The van der Waals surface area contributed by atoms with E-state index < -0.39 is 0 Å². The van der Waals surface area contributed by atoms with Crippen LogP contribution >= 0.6 is 0 Å². The summed E-state index contributed by atoms with van der Waals surface area (Å²) in [5.41, 5.74) is 3.05. The molecule has 1 aromatic heterocycles. The zero-order chi connectivity index (χ0) is 24.3. The molecule has 1 heterocycles. The fraction of sp³-hybridized carbons (Fsp3) is 0.414. The van der Waals surface area contributed by atoms with Crippen LogP contribution in [-0.4, -0.2) is 21.9 Å². The molecule has 2 fully saturated rings. The number of hydrogen-bond donors (Lipinski definition) is 2. The molecule has 1 amide bonds. The third-order valence-corrected chi connectivity index (χ3v) is 7.68. The Morgan fingerprint density at radius 3 is 2.37 bits per heavy atom. The van der Waals surface area contributed by atoms with Gasteiger partial charge in [0.2, 0.25) is 5.95 Å². The number of anilines is 1. The van der Waals surface area contributed by atoms with Gasteiger partial charge in [0.15, 0.2) is 0 Å². The summed E-state index contributed by atoms with van der Waals surface area (Å²) in [6.07, 6.45) is 10.5. The first-order valence-electron chi connectivity index (χ1n) is 12.8. The number of rotatable bonds is 7. The van der Waals surface area contributed by atoms with Crippen LogP contribution in [0.15, 0.2) is 60.8 Å². The van der Waals surface area contributed by atoms with Crippen molar-refractivity contribution >= 4 is 11.9 Å². The molecule has 0 spiro atoms. The van der Waals surface area contributed by atoms with E-state index in [1.54, 1.807) is 18.3 Å². The minimum atomic E-state index is -0.317. The van der Waals surface area contributed by atoms with Crippen molar-refractivity contribution in [3.8, 4) is 0 Å². The summed E-state index contributed by atoms with van der Waals surface area (Å²) in [5, 5.41) is 6.62. The number of nitrogens with zero attached hydrogens (tertiary/aromatic N) is 2. The number of carbonyl (C=O) groups is 1. The summed E-state index contributed by atoms with van der Waals surface area (Å²) in [6.45, 7) is 1.91. The largest absolute Gasteiger partial charge is 0.351 e. The molecule has 6 heteroatoms. The van der Waals surface area contributed by atoms with Gasteiger partial charge in [0.05, 0.1) is 17.3 Å². The first kappa shape index (κ1) is 23.5. The Bertz CT molecular complexity index is 1150. The maximum absolute atomic E-state index is 13.6. The first-order chi connectivity index (χ1) is 17.0. The molecule has 3 aromatic rings. The molecule has 0 radical (unpaired) electrons. The van der Waals surface area contributed by atoms with Crippen molar-refractivity contribution in [3.63, 3.8) is 0 Å². The second kappa shape index (κ2) is 10.1. The van der Waals surface area contributed by atoms with E-state index in [4.69, 9.17) is 4.98 Å². The van der Waals surface area contributed by atoms with E-state index in [2.05, 4.69) is 39.9 Å². The fourth-order valence-electron chi connectivity index (χ4n) is 5.74. The SMILES string of the molecule is CC(NC(=O)c1cnc(NC2CCCC2)nc1C1(c2ccccc2)CCCC1)c1ccc(F)cc1. The highest BCUT2D eigenvalue weighted by atomic mass is 19.1. The highest BCUT2D eigenvalue weighted by molar-refractivity contribution is 5.96. The van der Waals surface area contributed by atoms with E-state index in [9.17, 15) is 9.18 Å². The summed E-state index contributed by atoms with van der Waals surface area (Å²) in [7, 11) is 0. The van der Waals surface area contributed by atoms with Crippen LogP contribution in [0, 0.1) is 5.82 Å². The van der Waals surface area contributed by atoms with Crippen molar-refractivity contribution in [2.24, 2.45) is 0 Å². The molecular weight excluding hydrogens is 439 g/mol. The third kappa shape index (κ3) is 4.93. The van der Waals surface area contributed by atoms with Crippen LogP contribution in [-0.2, 0) is 5.41 Å². The van der Waals surface area contributed by atoms with Crippen molar-refractivity contribution in [2.75, 3.05) is 5.32 Å². The van der Waals surface area contributed by atoms with E-state index in [0.717, 1.165) is 49.8 Å². The van der Waals surface area contributed by atoms with Gasteiger partial charge in [-0.05, 0) is 55.9 Å². The monoisotopic (exact) mass is 472 g/mol. The average Bonchev–Trinajstić information content (AvgIpc) is 3.58. The topological polar surface area (TPSA) is 66.9 Å². The summed E-state index contributed by atoms with van der Waals surface area (Å²) >= 11 is 0. The van der Waals surface area contributed by atoms with E-state index in [1.165, 1.54) is 30.5 Å². The number of carbonyl (C=O) groups excluding carboxylic acids is 1. The van der Waals surface area contributed by atoms with Crippen molar-refractivity contribution in [3.05, 3.63) is 89.0 Å². The number of halogens is 1. The van der Waals surface area contributed by atoms with Crippen LogP contribution < -0.4 is 10.6 Å². The van der Waals surface area contributed by atoms with Crippen molar-refractivity contribution in [2.45, 2.75) is 75.8 Å². The lowest BCUT2D eigenvalue weighted by Crippen LogP contribution is -2.34. The van der Waals surface area contributed by atoms with Gasteiger partial charge in [-0.15, -0.1) is 0 Å². The Balaban J connectivity index is 1.52. The summed E-state index contributed by atoms with van der Waals surface area (Å²) in [5.74, 6) is 0.114. The maximum Gasteiger partial charge on any atom is 0.255 e. The second-order valence-corrected chi connectivity index (χ2v) is 9.98. The molecule has 0 bridgehead atoms. The molecule has 2 aromatic carbocycles. The highest BCUT2D eigenvalue weighted by Crippen LogP contribution is 2.47. The van der Waals surface area contributed by atoms with Crippen LogP contribution in [0.1, 0.15) is 91.5 Å². The van der Waals surface area contributed by atoms with Gasteiger partial charge in [-0.25, -0.2) is 14.4 Å². The normalized spacial score (nSPS) is 18.3. The van der Waals surface area contributed by atoms with Crippen LogP contribution in [0.3, 0.4) is 0 Å². The van der Waals surface area contributed by atoms with Crippen LogP contribution in [0.2, 0.25) is 0 Å². The van der Waals surface area contributed by atoms with Crippen molar-refractivity contribution < 1.29 is 9.18 Å². The smallest absolute Gasteiger partial charge is 0.255 e. The molecule has 2 aliphatic carbocycles. The van der Waals surface area contributed by atoms with E-state index in [0.29, 0.717) is 17.6 Å². The molecule has 2 N–H and O–H groups in total. The quantitative estimate of drug-likeness (QED) is 0.422. The minimum Gasteiger partial charge on any atom is -0.351 e. The van der Waals surface area contributed by atoms with E-state index in [1.807, 2.05) is 13.0 Å². The predicted molar refractivity (Wildman–Crippen MR) is 136 cm³/mol. The number of nitrogens with one attached hydrogen (secondary N) is 2. The zero-order valence-electron chi connectivity index (χ0n) is 20.3. The predicted octanol–water partition coefficient (Wildman–Crippen LogP) is 6.32. The number of benzene rings is 2. The van der Waals surface area contributed by atoms with Crippen molar-refractivity contribution in [1.29, 1.82) is 0 Å². The minimum absolute atomic E-state index is 0.202. The number of amides is 1. The maximum atomic E-state index is 13.6. The average molecular weight is 473 g/mol. The van der Waals surface area contributed by atoms with Gasteiger partial charge in [-0.1, -0.05) is 68.1 Å². The Morgan fingerprint density at radius 1 is 1.00 bits per heavy atom. The van der Waals surface area contributed by atoms with Crippen LogP contribution in [0.5, 0.6) is 0 Å². The Labute approximate surface area is 206 Å². The van der Waals surface area contributed by atoms with Gasteiger partial charge in [-0.2, -0.15) is 0 Å². The Kier molecular flexibility index (Phi) is 6.80. The molecule has 2 saturated carbocycles. The molecular formula is C29H33FN4O. The molecule has 1 atom stereocenters. The second-order valence-electron chi connectivity index (χ2n) is 9.98. The molecule has 2 aliphatic rings. The van der Waals surface area contributed by atoms with E-state index in [-0.39, 0.29) is 23.2 Å². The van der Waals surface area contributed by atoms with Gasteiger partial charge < -0.3 is 10.6 Å². The molecule has 5 nitrogen and oxygen atoms in total.